The van der Waals surface area contributed by atoms with Crippen LogP contribution in [0.5, 0.6) is 0 Å². The maximum absolute atomic E-state index is 8.96. The smallest absolute Gasteiger partial charge is 0.0558 e. The van der Waals surface area contributed by atoms with Gasteiger partial charge in [-0.3, -0.25) is 4.90 Å². The van der Waals surface area contributed by atoms with Crippen LogP contribution in [0.1, 0.15) is 32.1 Å². The molecule has 1 aliphatic carbocycles. The first-order valence-corrected chi connectivity index (χ1v) is 6.47. The Hall–Kier alpha value is -0.160. The van der Waals surface area contributed by atoms with E-state index in [1.165, 1.54) is 25.7 Å². The number of nitrogens with zero attached hydrogens (tertiary/aromatic N) is 1. The summed E-state index contributed by atoms with van der Waals surface area (Å²) in [5, 5.41) is 17.9. The van der Waals surface area contributed by atoms with Crippen molar-refractivity contribution in [1.29, 1.82) is 0 Å². The Labute approximate surface area is 98.4 Å². The summed E-state index contributed by atoms with van der Waals surface area (Å²) in [5.41, 5.74) is 6.17. The molecular formula is C12H26N2O2. The molecule has 16 heavy (non-hydrogen) atoms. The monoisotopic (exact) mass is 230 g/mol. The van der Waals surface area contributed by atoms with Gasteiger partial charge in [0.15, 0.2) is 0 Å². The lowest BCUT2D eigenvalue weighted by molar-refractivity contribution is 0.136. The molecule has 0 heterocycles. The Morgan fingerprint density at radius 1 is 1.00 bits per heavy atom. The summed E-state index contributed by atoms with van der Waals surface area (Å²) in [5.74, 6) is 0.528. The predicted molar refractivity (Wildman–Crippen MR) is 65.2 cm³/mol. The summed E-state index contributed by atoms with van der Waals surface area (Å²) in [6.45, 7) is 2.51. The van der Waals surface area contributed by atoms with Crippen molar-refractivity contribution in [3.8, 4) is 0 Å². The Morgan fingerprint density at radius 3 is 2.25 bits per heavy atom. The molecule has 0 amide bonds. The summed E-state index contributed by atoms with van der Waals surface area (Å²) in [4.78, 5) is 2.12. The third-order valence-electron chi connectivity index (χ3n) is 3.54. The normalized spacial score (nSPS) is 27.0. The highest BCUT2D eigenvalue weighted by Crippen LogP contribution is 2.22. The van der Waals surface area contributed by atoms with Crippen molar-refractivity contribution in [3.05, 3.63) is 0 Å². The minimum Gasteiger partial charge on any atom is -0.395 e. The number of rotatable bonds is 6. The van der Waals surface area contributed by atoms with Gasteiger partial charge in [-0.1, -0.05) is 19.3 Å². The molecule has 1 fully saturated rings. The number of hydrogen-bond acceptors (Lipinski definition) is 4. The van der Waals surface area contributed by atoms with E-state index < -0.39 is 0 Å². The van der Waals surface area contributed by atoms with E-state index in [9.17, 15) is 0 Å². The van der Waals surface area contributed by atoms with E-state index in [4.69, 9.17) is 15.9 Å². The van der Waals surface area contributed by atoms with Crippen LogP contribution in [0.4, 0.5) is 0 Å². The van der Waals surface area contributed by atoms with Gasteiger partial charge in [-0.2, -0.15) is 0 Å². The molecule has 0 aliphatic heterocycles. The fourth-order valence-electron chi connectivity index (χ4n) is 2.55. The molecule has 0 aromatic rings. The van der Waals surface area contributed by atoms with Gasteiger partial charge in [0, 0.05) is 25.7 Å². The number of aliphatic hydroxyl groups is 2. The zero-order valence-electron chi connectivity index (χ0n) is 10.1. The van der Waals surface area contributed by atoms with Crippen molar-refractivity contribution >= 4 is 0 Å². The molecule has 0 aromatic heterocycles. The van der Waals surface area contributed by atoms with Gasteiger partial charge in [-0.15, -0.1) is 0 Å². The Bertz CT molecular complexity index is 172. The summed E-state index contributed by atoms with van der Waals surface area (Å²) in [6.07, 6.45) is 6.12. The van der Waals surface area contributed by atoms with Crippen molar-refractivity contribution < 1.29 is 10.2 Å². The van der Waals surface area contributed by atoms with Crippen molar-refractivity contribution in [2.45, 2.75) is 38.1 Å². The molecule has 0 radical (unpaired) electrons. The van der Waals surface area contributed by atoms with E-state index in [1.54, 1.807) is 0 Å². The van der Waals surface area contributed by atoms with Crippen molar-refractivity contribution in [1.82, 2.24) is 4.90 Å². The molecule has 4 nitrogen and oxygen atoms in total. The molecule has 0 bridgehead atoms. The second-order valence-corrected chi connectivity index (χ2v) is 4.81. The molecule has 1 saturated carbocycles. The molecule has 96 valence electrons. The first-order chi connectivity index (χ1) is 7.77. The van der Waals surface area contributed by atoms with E-state index in [2.05, 4.69) is 4.90 Å². The lowest BCUT2D eigenvalue weighted by Crippen LogP contribution is -2.41. The minimum absolute atomic E-state index is 0.155. The topological polar surface area (TPSA) is 69.7 Å². The van der Waals surface area contributed by atoms with Crippen LogP contribution >= 0.6 is 0 Å². The van der Waals surface area contributed by atoms with Crippen LogP contribution in [0, 0.1) is 5.92 Å². The quantitative estimate of drug-likeness (QED) is 0.569. The number of nitrogens with two attached hydrogens (primary N) is 1. The molecule has 1 aliphatic rings. The number of hydrogen-bond donors (Lipinski definition) is 3. The van der Waals surface area contributed by atoms with Crippen molar-refractivity contribution in [2.24, 2.45) is 11.7 Å². The lowest BCUT2D eigenvalue weighted by Gasteiger charge is -2.29. The summed E-state index contributed by atoms with van der Waals surface area (Å²) >= 11 is 0. The fourth-order valence-corrected chi connectivity index (χ4v) is 2.55. The van der Waals surface area contributed by atoms with E-state index >= 15 is 0 Å². The average Bonchev–Trinajstić information content (AvgIpc) is 2.45. The first kappa shape index (κ1) is 13.9. The molecule has 4 heteroatoms. The van der Waals surface area contributed by atoms with E-state index in [1.807, 2.05) is 0 Å². The first-order valence-electron chi connectivity index (χ1n) is 6.47. The fraction of sp³-hybridized carbons (Fsp3) is 1.00. The second kappa shape index (κ2) is 8.01. The predicted octanol–water partition coefficient (Wildman–Crippen LogP) is 0.181. The van der Waals surface area contributed by atoms with Gasteiger partial charge in [0.25, 0.3) is 0 Å². The summed E-state index contributed by atoms with van der Waals surface area (Å²) in [6, 6.07) is 0.294. The molecule has 1 rings (SSSR count). The van der Waals surface area contributed by atoms with Crippen LogP contribution in [0.25, 0.3) is 0 Å². The van der Waals surface area contributed by atoms with Gasteiger partial charge in [0.05, 0.1) is 13.2 Å². The lowest BCUT2D eigenvalue weighted by atomic mass is 9.95. The van der Waals surface area contributed by atoms with Crippen LogP contribution < -0.4 is 5.73 Å². The highest BCUT2D eigenvalue weighted by Gasteiger charge is 2.22. The summed E-state index contributed by atoms with van der Waals surface area (Å²) in [7, 11) is 0. The van der Waals surface area contributed by atoms with Crippen molar-refractivity contribution in [2.75, 3.05) is 32.8 Å². The van der Waals surface area contributed by atoms with Crippen LogP contribution in [-0.2, 0) is 0 Å². The largest absolute Gasteiger partial charge is 0.395 e. The van der Waals surface area contributed by atoms with E-state index in [-0.39, 0.29) is 13.2 Å². The minimum atomic E-state index is 0.155. The molecule has 2 atom stereocenters. The van der Waals surface area contributed by atoms with Crippen LogP contribution in [-0.4, -0.2) is 54.0 Å². The van der Waals surface area contributed by atoms with Gasteiger partial charge in [0.2, 0.25) is 0 Å². The van der Waals surface area contributed by atoms with E-state index in [0.29, 0.717) is 25.0 Å². The molecule has 0 spiro atoms. The zero-order valence-corrected chi connectivity index (χ0v) is 10.1. The second-order valence-electron chi connectivity index (χ2n) is 4.81. The Kier molecular flexibility index (Phi) is 6.96. The van der Waals surface area contributed by atoms with E-state index in [0.717, 1.165) is 13.0 Å². The van der Waals surface area contributed by atoms with Gasteiger partial charge in [0.1, 0.15) is 0 Å². The average molecular weight is 230 g/mol. The maximum Gasteiger partial charge on any atom is 0.0558 e. The standard InChI is InChI=1S/C12H26N2O2/c13-12-5-3-1-2-4-11(12)10-14(6-8-15)7-9-16/h11-12,15-16H,1-10,13H2. The Balaban J connectivity index is 2.40. The van der Waals surface area contributed by atoms with Crippen LogP contribution in [0.3, 0.4) is 0 Å². The SMILES string of the molecule is NC1CCCCCC1CN(CCO)CCO. The highest BCUT2D eigenvalue weighted by molar-refractivity contribution is 4.79. The molecule has 0 aromatic carbocycles. The third kappa shape index (κ3) is 4.78. The number of aliphatic hydroxyl groups excluding tert-OH is 2. The molecule has 0 saturated heterocycles. The van der Waals surface area contributed by atoms with Crippen LogP contribution in [0.15, 0.2) is 0 Å². The van der Waals surface area contributed by atoms with Gasteiger partial charge in [-0.25, -0.2) is 0 Å². The third-order valence-corrected chi connectivity index (χ3v) is 3.54. The van der Waals surface area contributed by atoms with Gasteiger partial charge < -0.3 is 15.9 Å². The van der Waals surface area contributed by atoms with Crippen LogP contribution in [0.2, 0.25) is 0 Å². The maximum atomic E-state index is 8.96. The zero-order chi connectivity index (χ0) is 11.8. The van der Waals surface area contributed by atoms with Gasteiger partial charge >= 0.3 is 0 Å². The molecule has 4 N–H and O–H groups in total. The van der Waals surface area contributed by atoms with Crippen molar-refractivity contribution in [3.63, 3.8) is 0 Å². The molecular weight excluding hydrogens is 204 g/mol. The summed E-state index contributed by atoms with van der Waals surface area (Å²) < 4.78 is 0. The highest BCUT2D eigenvalue weighted by atomic mass is 16.3. The Morgan fingerprint density at radius 2 is 1.62 bits per heavy atom. The molecule has 2 unspecified atom stereocenters. The van der Waals surface area contributed by atoms with Gasteiger partial charge in [-0.05, 0) is 18.8 Å².